The van der Waals surface area contributed by atoms with Crippen molar-refractivity contribution >= 4 is 35.8 Å². The van der Waals surface area contributed by atoms with Crippen molar-refractivity contribution in [2.75, 3.05) is 20.4 Å². The minimum Gasteiger partial charge on any atom is -0.462 e. The van der Waals surface area contributed by atoms with Crippen LogP contribution in [0.25, 0.3) is 0 Å². The molecule has 15 nitrogen and oxygen atoms in total. The van der Waals surface area contributed by atoms with Crippen LogP contribution in [0.3, 0.4) is 0 Å². The summed E-state index contributed by atoms with van der Waals surface area (Å²) >= 11 is 0. The Morgan fingerprint density at radius 3 is 1.04 bits per heavy atom. The summed E-state index contributed by atoms with van der Waals surface area (Å²) in [5, 5.41) is 0. The average molecular weight is 1350 g/mol. The summed E-state index contributed by atoms with van der Waals surface area (Å²) < 4.78 is 53.5. The van der Waals surface area contributed by atoms with Gasteiger partial charge >= 0.3 is 35.8 Å². The van der Waals surface area contributed by atoms with E-state index in [1.807, 2.05) is 48.5 Å². The summed E-state index contributed by atoms with van der Waals surface area (Å²) in [7, 11) is 0. The first-order chi connectivity index (χ1) is 46.9. The average Bonchev–Trinajstić information content (AvgIpc) is 1.56. The van der Waals surface area contributed by atoms with Crippen LogP contribution in [0.15, 0.2) is 0 Å². The fraction of sp³-hybridized carbons (Fsp3) is 0.927. The van der Waals surface area contributed by atoms with Crippen LogP contribution < -0.4 is 0 Å². The third-order valence-corrected chi connectivity index (χ3v) is 33.4. The molecule has 20 fully saturated rings. The molecular formula is C82H120O15. The number of hydrogen-bond acceptors (Lipinski definition) is 15. The summed E-state index contributed by atoms with van der Waals surface area (Å²) in [6.07, 6.45) is 33.7. The molecule has 0 spiro atoms. The molecule has 32 atom stereocenters. The van der Waals surface area contributed by atoms with Crippen LogP contribution in [0.4, 0.5) is 0 Å². The predicted octanol–water partition coefficient (Wildman–Crippen LogP) is 14.8. The maximum atomic E-state index is 13.2. The van der Waals surface area contributed by atoms with Crippen molar-refractivity contribution in [2.45, 2.75) is 265 Å². The Morgan fingerprint density at radius 1 is 0.340 bits per heavy atom. The van der Waals surface area contributed by atoms with Gasteiger partial charge in [-0.2, -0.15) is 0 Å². The number of carbonyl (C=O) groups excluding carboxylic acids is 6. The summed E-state index contributed by atoms with van der Waals surface area (Å²) in [6, 6.07) is 0. The van der Waals surface area contributed by atoms with E-state index in [0.717, 1.165) is 118 Å². The molecule has 0 radical (unpaired) electrons. The van der Waals surface area contributed by atoms with Gasteiger partial charge in [-0.15, -0.1) is 0 Å². The van der Waals surface area contributed by atoms with Crippen molar-refractivity contribution < 1.29 is 71.4 Å². The Balaban J connectivity index is 0.000000110. The molecule has 0 aliphatic heterocycles. The number of carbonyl (C=O) groups is 6. The van der Waals surface area contributed by atoms with Crippen LogP contribution in [0.2, 0.25) is 0 Å². The summed E-state index contributed by atoms with van der Waals surface area (Å²) in [5.41, 5.74) is -0.416. The first kappa shape index (κ1) is 66.9. The standard InChI is InChI=1S/C29H42O5.C27H40O5.C26H38O5/c1-3-14(2)28(30)34-24-12-18-11-23(24)26-21-9-17(25(18)26)10-22(21)29(31)33-13-32-27-19-5-15-4-16(7-19)8-20(27)6-15;1-4-27(2,3)26(29)32-22-12-17-11-20(22)24-18-9-16(23(17)24)10-19(18)25(28)31-13-30-21-8-14-5-6-15(21)7-14;1-3-13(2)25(27)31-22-11-17-10-20(22)24-18-8-16(23(17)24)9-19(18)26(28)30-12-29-21-7-14-4-5-15(21)6-14/h14-27H,3-13H2,1-2H3;14-24H,4-13H2,1-3H3;13-24H,3-12H2,1-2H3. The maximum Gasteiger partial charge on any atom is 0.311 e. The topological polar surface area (TPSA) is 185 Å². The van der Waals surface area contributed by atoms with Crippen LogP contribution in [0.1, 0.15) is 228 Å². The van der Waals surface area contributed by atoms with Crippen LogP contribution >= 0.6 is 0 Å². The molecule has 20 saturated carbocycles. The van der Waals surface area contributed by atoms with Crippen molar-refractivity contribution in [1.29, 1.82) is 0 Å². The van der Waals surface area contributed by atoms with E-state index >= 15 is 0 Å². The Labute approximate surface area is 578 Å². The molecule has 97 heavy (non-hydrogen) atoms. The Morgan fingerprint density at radius 2 is 0.691 bits per heavy atom. The Bertz CT molecular complexity index is 2930. The van der Waals surface area contributed by atoms with Gasteiger partial charge < -0.3 is 42.6 Å². The van der Waals surface area contributed by atoms with Crippen LogP contribution in [0.5, 0.6) is 0 Å². The van der Waals surface area contributed by atoms with Crippen molar-refractivity contribution in [3.8, 4) is 0 Å². The van der Waals surface area contributed by atoms with Gasteiger partial charge in [0.15, 0.2) is 20.4 Å². The lowest BCUT2D eigenvalue weighted by molar-refractivity contribution is -0.192. The van der Waals surface area contributed by atoms with E-state index in [0.29, 0.717) is 131 Å². The normalized spacial score (nSPS) is 49.8. The van der Waals surface area contributed by atoms with E-state index in [4.69, 9.17) is 42.6 Å². The molecule has 538 valence electrons. The van der Waals surface area contributed by atoms with Crippen LogP contribution in [0, 0.1) is 189 Å². The zero-order valence-electron chi connectivity index (χ0n) is 59.9. The third kappa shape index (κ3) is 11.8. The molecule has 0 saturated heterocycles. The van der Waals surface area contributed by atoms with Gasteiger partial charge in [-0.3, -0.25) is 28.8 Å². The Hall–Kier alpha value is -3.30. The quantitative estimate of drug-likeness (QED) is 0.0457. The molecule has 0 N–H and O–H groups in total. The van der Waals surface area contributed by atoms with Gasteiger partial charge in [-0.25, -0.2) is 0 Å². The van der Waals surface area contributed by atoms with Crippen molar-refractivity contribution in [1.82, 2.24) is 0 Å². The maximum absolute atomic E-state index is 13.2. The number of fused-ring (bicyclic) bond motifs is 31. The molecule has 20 bridgehead atoms. The highest BCUT2D eigenvalue weighted by molar-refractivity contribution is 5.77. The van der Waals surface area contributed by atoms with Gasteiger partial charge in [-0.05, 0) is 347 Å². The zero-order valence-corrected chi connectivity index (χ0v) is 59.9. The van der Waals surface area contributed by atoms with E-state index in [1.165, 1.54) is 103 Å². The van der Waals surface area contributed by atoms with E-state index in [-0.39, 0.29) is 104 Å². The number of ether oxygens (including phenoxy) is 9. The molecule has 0 amide bonds. The van der Waals surface area contributed by atoms with E-state index in [2.05, 4.69) is 0 Å². The largest absolute Gasteiger partial charge is 0.462 e. The number of esters is 6. The van der Waals surface area contributed by atoms with Gasteiger partial charge in [0.05, 0.1) is 53.3 Å². The predicted molar refractivity (Wildman–Crippen MR) is 357 cm³/mol. The fourth-order valence-corrected chi connectivity index (χ4v) is 28.9. The van der Waals surface area contributed by atoms with Crippen LogP contribution in [-0.4, -0.2) is 92.8 Å². The lowest BCUT2D eigenvalue weighted by Crippen LogP contribution is -2.49. The molecule has 0 aromatic heterocycles. The zero-order chi connectivity index (χ0) is 66.6. The fourth-order valence-electron chi connectivity index (χ4n) is 28.9. The highest BCUT2D eigenvalue weighted by Gasteiger charge is 2.70. The second-order valence-electron chi connectivity index (χ2n) is 38.0. The third-order valence-electron chi connectivity index (χ3n) is 33.4. The Kier molecular flexibility index (Phi) is 18.2. The van der Waals surface area contributed by atoms with Gasteiger partial charge in [0.2, 0.25) is 0 Å². The first-order valence-corrected chi connectivity index (χ1v) is 40.8. The number of rotatable bonds is 21. The molecule has 20 aliphatic rings. The lowest BCUT2D eigenvalue weighted by Gasteiger charge is -2.53. The number of hydrogen-bond donors (Lipinski definition) is 0. The smallest absolute Gasteiger partial charge is 0.311 e. The highest BCUT2D eigenvalue weighted by Crippen LogP contribution is 2.72. The van der Waals surface area contributed by atoms with Gasteiger partial charge in [-0.1, -0.05) is 34.6 Å². The summed E-state index contributed by atoms with van der Waals surface area (Å²) in [5.74, 6) is 16.7. The molecule has 20 rings (SSSR count). The monoisotopic (exact) mass is 1340 g/mol. The van der Waals surface area contributed by atoms with Crippen molar-refractivity contribution in [2.24, 2.45) is 189 Å². The molecule has 15 heteroatoms. The molecule has 20 aliphatic carbocycles. The molecule has 0 aromatic carbocycles. The minimum absolute atomic E-state index is 0.0206. The second kappa shape index (κ2) is 26.4. The second-order valence-corrected chi connectivity index (χ2v) is 38.0. The minimum atomic E-state index is -0.416. The van der Waals surface area contributed by atoms with Crippen molar-refractivity contribution in [3.05, 3.63) is 0 Å². The van der Waals surface area contributed by atoms with Crippen LogP contribution in [-0.2, 0) is 71.4 Å². The van der Waals surface area contributed by atoms with E-state index in [9.17, 15) is 28.8 Å². The first-order valence-electron chi connectivity index (χ1n) is 40.8. The van der Waals surface area contributed by atoms with E-state index < -0.39 is 5.41 Å². The SMILES string of the molecule is CCC(C)(C)C(=O)OC1CC2CC1C1C3CC(CC3C(=O)OCOC3CC4CCC3C4)C21.CCC(C)C(=O)OC1CC2CC1C1C3CC(CC3C(=O)OCOC3C4CC5CC(C4)CC3C5)C21.CCC(C)C(=O)OC1CC2CC1C1C3CC(CC3C(=O)OCOC3CC4CCC3C4)C21. The van der Waals surface area contributed by atoms with Crippen molar-refractivity contribution in [3.63, 3.8) is 0 Å². The van der Waals surface area contributed by atoms with Gasteiger partial charge in [0.1, 0.15) is 18.3 Å². The summed E-state index contributed by atoms with van der Waals surface area (Å²) in [4.78, 5) is 76.7. The molecule has 0 aromatic rings. The molecular weight excluding hydrogens is 1220 g/mol. The van der Waals surface area contributed by atoms with E-state index in [1.54, 1.807) is 0 Å². The van der Waals surface area contributed by atoms with Gasteiger partial charge in [0, 0.05) is 0 Å². The lowest BCUT2D eigenvalue weighted by atomic mass is 9.55. The highest BCUT2D eigenvalue weighted by atomic mass is 16.7. The van der Waals surface area contributed by atoms with Gasteiger partial charge in [0.25, 0.3) is 0 Å². The molecule has 32 unspecified atom stereocenters. The summed E-state index contributed by atoms with van der Waals surface area (Å²) in [6.45, 7) is 14.4. The molecule has 0 heterocycles.